The van der Waals surface area contributed by atoms with Gasteiger partial charge in [0, 0.05) is 23.2 Å². The fourth-order valence-electron chi connectivity index (χ4n) is 2.29. The number of ether oxygens (including phenoxy) is 1. The van der Waals surface area contributed by atoms with E-state index in [9.17, 15) is 9.18 Å². The number of amides is 1. The fraction of sp³-hybridized carbons (Fsp3) is 0.562. The average molecular weight is 311 g/mol. The largest absolute Gasteiger partial charge is 0.444 e. The number of hydrogen-bond acceptors (Lipinski definition) is 3. The lowest BCUT2D eigenvalue weighted by Crippen LogP contribution is -2.40. The van der Waals surface area contributed by atoms with Crippen LogP contribution in [-0.2, 0) is 4.74 Å². The molecule has 1 aromatic rings. The number of likely N-dealkylation sites (tertiary alicyclic amines) is 1. The molecule has 3 nitrogen and oxygen atoms in total. The van der Waals surface area contributed by atoms with Gasteiger partial charge in [0.1, 0.15) is 11.4 Å². The maximum absolute atomic E-state index is 12.9. The highest BCUT2D eigenvalue weighted by molar-refractivity contribution is 7.99. The maximum atomic E-state index is 12.9. The van der Waals surface area contributed by atoms with Gasteiger partial charge in [-0.2, -0.15) is 0 Å². The Morgan fingerprint density at radius 1 is 1.38 bits per heavy atom. The minimum atomic E-state index is -0.464. The number of rotatable bonds is 3. The number of hydrogen-bond donors (Lipinski definition) is 0. The van der Waals surface area contributed by atoms with E-state index >= 15 is 0 Å². The predicted octanol–water partition coefficient (Wildman–Crippen LogP) is 4.32. The molecule has 5 heteroatoms. The molecule has 0 aliphatic carbocycles. The van der Waals surface area contributed by atoms with Gasteiger partial charge < -0.3 is 9.64 Å². The van der Waals surface area contributed by atoms with Gasteiger partial charge in [-0.15, -0.1) is 11.8 Å². The summed E-state index contributed by atoms with van der Waals surface area (Å²) in [5, 5.41) is 0. The van der Waals surface area contributed by atoms with E-state index in [0.29, 0.717) is 0 Å². The smallest absolute Gasteiger partial charge is 0.410 e. The second kappa shape index (κ2) is 6.69. The summed E-state index contributed by atoms with van der Waals surface area (Å²) in [6, 6.07) is 6.65. The van der Waals surface area contributed by atoms with Crippen molar-refractivity contribution in [2.45, 2.75) is 50.2 Å². The fourth-order valence-corrected chi connectivity index (χ4v) is 3.35. The molecule has 1 fully saturated rings. The first kappa shape index (κ1) is 16.1. The predicted molar refractivity (Wildman–Crippen MR) is 83.1 cm³/mol. The molecular weight excluding hydrogens is 289 g/mol. The lowest BCUT2D eigenvalue weighted by atomic mass is 10.2. The zero-order chi connectivity index (χ0) is 15.5. The summed E-state index contributed by atoms with van der Waals surface area (Å²) in [5.41, 5.74) is -0.464. The quantitative estimate of drug-likeness (QED) is 0.779. The van der Waals surface area contributed by atoms with Crippen molar-refractivity contribution in [1.82, 2.24) is 4.90 Å². The summed E-state index contributed by atoms with van der Waals surface area (Å²) < 4.78 is 18.3. The number of nitrogens with zero attached hydrogens (tertiary/aromatic N) is 1. The van der Waals surface area contributed by atoms with Gasteiger partial charge in [-0.05, 0) is 57.9 Å². The third kappa shape index (κ3) is 4.92. The van der Waals surface area contributed by atoms with Gasteiger partial charge in [-0.25, -0.2) is 9.18 Å². The Hall–Kier alpha value is -1.23. The van der Waals surface area contributed by atoms with E-state index in [1.54, 1.807) is 23.9 Å². The van der Waals surface area contributed by atoms with Crippen molar-refractivity contribution in [1.29, 1.82) is 0 Å². The molecule has 1 aliphatic rings. The molecule has 1 saturated heterocycles. The van der Waals surface area contributed by atoms with Crippen LogP contribution in [0.4, 0.5) is 9.18 Å². The van der Waals surface area contributed by atoms with E-state index in [-0.39, 0.29) is 18.0 Å². The maximum Gasteiger partial charge on any atom is 0.410 e. The molecule has 0 saturated carbocycles. The highest BCUT2D eigenvalue weighted by Crippen LogP contribution is 2.27. The third-order valence-corrected chi connectivity index (χ3v) is 4.42. The zero-order valence-corrected chi connectivity index (χ0v) is 13.6. The molecule has 0 radical (unpaired) electrons. The molecule has 0 aromatic heterocycles. The Morgan fingerprint density at radius 2 is 2.05 bits per heavy atom. The first-order valence-corrected chi connectivity index (χ1v) is 8.22. The highest BCUT2D eigenvalue weighted by atomic mass is 32.2. The SMILES string of the molecule is CC(C)(C)OC(=O)N1CCC[C@H]1CSc1ccc(F)cc1. The second-order valence-electron chi connectivity index (χ2n) is 6.23. The lowest BCUT2D eigenvalue weighted by Gasteiger charge is -2.28. The standard InChI is InChI=1S/C16H22FNO2S/c1-16(2,3)20-15(19)18-10-4-5-13(18)11-21-14-8-6-12(17)7-9-14/h6-9,13H,4-5,10-11H2,1-3H3/t13-/m0/s1. The van der Waals surface area contributed by atoms with Crippen LogP contribution in [-0.4, -0.2) is 34.9 Å². The molecule has 21 heavy (non-hydrogen) atoms. The van der Waals surface area contributed by atoms with Crippen molar-refractivity contribution in [2.75, 3.05) is 12.3 Å². The van der Waals surface area contributed by atoms with Gasteiger partial charge in [-0.1, -0.05) is 0 Å². The van der Waals surface area contributed by atoms with Crippen LogP contribution in [0, 0.1) is 5.82 Å². The summed E-state index contributed by atoms with van der Waals surface area (Å²) in [4.78, 5) is 15.0. The van der Waals surface area contributed by atoms with Gasteiger partial charge in [0.2, 0.25) is 0 Å². The zero-order valence-electron chi connectivity index (χ0n) is 12.8. The molecule has 1 aliphatic heterocycles. The summed E-state index contributed by atoms with van der Waals surface area (Å²) in [7, 11) is 0. The van der Waals surface area contributed by atoms with E-state index in [1.165, 1.54) is 12.1 Å². The van der Waals surface area contributed by atoms with Crippen LogP contribution in [0.1, 0.15) is 33.6 Å². The van der Waals surface area contributed by atoms with Crippen LogP contribution in [0.25, 0.3) is 0 Å². The minimum absolute atomic E-state index is 0.190. The number of benzene rings is 1. The summed E-state index contributed by atoms with van der Waals surface area (Å²) >= 11 is 1.65. The lowest BCUT2D eigenvalue weighted by molar-refractivity contribution is 0.0242. The molecule has 0 bridgehead atoms. The van der Waals surface area contributed by atoms with Gasteiger partial charge in [0.05, 0.1) is 0 Å². The molecule has 1 atom stereocenters. The Bertz CT molecular complexity index is 484. The van der Waals surface area contributed by atoms with Crippen molar-refractivity contribution < 1.29 is 13.9 Å². The average Bonchev–Trinajstić information content (AvgIpc) is 2.84. The molecule has 1 heterocycles. The van der Waals surface area contributed by atoms with Crippen molar-refractivity contribution >= 4 is 17.9 Å². The number of carbonyl (C=O) groups excluding carboxylic acids is 1. The van der Waals surface area contributed by atoms with Crippen LogP contribution in [0.15, 0.2) is 29.2 Å². The highest BCUT2D eigenvalue weighted by Gasteiger charge is 2.31. The topological polar surface area (TPSA) is 29.5 Å². The molecular formula is C16H22FNO2S. The molecule has 116 valence electrons. The third-order valence-electron chi connectivity index (χ3n) is 3.26. The van der Waals surface area contributed by atoms with Crippen LogP contribution in [0.2, 0.25) is 0 Å². The van der Waals surface area contributed by atoms with E-state index in [0.717, 1.165) is 30.0 Å². The van der Waals surface area contributed by atoms with E-state index < -0.39 is 5.60 Å². The Kier molecular flexibility index (Phi) is 5.14. The Morgan fingerprint density at radius 3 is 2.67 bits per heavy atom. The van der Waals surface area contributed by atoms with Crippen molar-refractivity contribution in [3.05, 3.63) is 30.1 Å². The molecule has 1 aromatic carbocycles. The first-order valence-electron chi connectivity index (χ1n) is 7.23. The number of carbonyl (C=O) groups is 1. The van der Waals surface area contributed by atoms with Crippen molar-refractivity contribution in [2.24, 2.45) is 0 Å². The molecule has 0 unspecified atom stereocenters. The van der Waals surface area contributed by atoms with Crippen molar-refractivity contribution in [3.63, 3.8) is 0 Å². The minimum Gasteiger partial charge on any atom is -0.444 e. The summed E-state index contributed by atoms with van der Waals surface area (Å²) in [5.74, 6) is 0.584. The van der Waals surface area contributed by atoms with Crippen molar-refractivity contribution in [3.8, 4) is 0 Å². The van der Waals surface area contributed by atoms with Gasteiger partial charge >= 0.3 is 6.09 Å². The Balaban J connectivity index is 1.90. The number of thioether (sulfide) groups is 1. The number of halogens is 1. The van der Waals surface area contributed by atoms with Gasteiger partial charge in [0.15, 0.2) is 0 Å². The van der Waals surface area contributed by atoms with Crippen LogP contribution < -0.4 is 0 Å². The molecule has 1 amide bonds. The molecule has 2 rings (SSSR count). The van der Waals surface area contributed by atoms with Gasteiger partial charge in [0.25, 0.3) is 0 Å². The molecule has 0 N–H and O–H groups in total. The first-order chi connectivity index (χ1) is 9.85. The van der Waals surface area contributed by atoms with Gasteiger partial charge in [-0.3, -0.25) is 0 Å². The van der Waals surface area contributed by atoms with Crippen LogP contribution >= 0.6 is 11.8 Å². The Labute approximate surface area is 129 Å². The second-order valence-corrected chi connectivity index (χ2v) is 7.33. The normalized spacial score (nSPS) is 18.9. The van der Waals surface area contributed by atoms with E-state index in [2.05, 4.69) is 0 Å². The summed E-state index contributed by atoms with van der Waals surface area (Å²) in [6.07, 6.45) is 1.77. The van der Waals surface area contributed by atoms with Crippen LogP contribution in [0.5, 0.6) is 0 Å². The summed E-state index contributed by atoms with van der Waals surface area (Å²) in [6.45, 7) is 6.39. The molecule has 0 spiro atoms. The van der Waals surface area contributed by atoms with E-state index in [4.69, 9.17) is 4.74 Å². The van der Waals surface area contributed by atoms with E-state index in [1.807, 2.05) is 25.7 Å². The van der Waals surface area contributed by atoms with Crippen LogP contribution in [0.3, 0.4) is 0 Å². The monoisotopic (exact) mass is 311 g/mol.